The molecule has 0 rings (SSSR count). The fourth-order valence-corrected chi connectivity index (χ4v) is 0. The summed E-state index contributed by atoms with van der Waals surface area (Å²) in [6.45, 7) is 2.03. The molecule has 1 unspecified atom stereocenters. The van der Waals surface area contributed by atoms with E-state index >= 15 is 0 Å². The molecule has 4 nitrogen and oxygen atoms in total. The fraction of sp³-hybridized carbons (Fsp3) is 1.00. The Kier molecular flexibility index (Phi) is 7.29. The zero-order chi connectivity index (χ0) is 9.65. The molecule has 0 radical (unpaired) electrons. The maximum Gasteiger partial charge on any atom is 0.261 e. The van der Waals surface area contributed by atoms with Crippen molar-refractivity contribution in [1.82, 2.24) is 4.90 Å². The number of rotatable bonds is 1. The molecule has 0 saturated heterocycles. The van der Waals surface area contributed by atoms with Gasteiger partial charge in [-0.05, 0) is 21.0 Å². The normalized spacial score (nSPS) is 13.7. The van der Waals surface area contributed by atoms with E-state index < -0.39 is 10.1 Å². The molecule has 0 fully saturated rings. The van der Waals surface area contributed by atoms with Crippen LogP contribution >= 0.6 is 12.6 Å². The highest BCUT2D eigenvalue weighted by atomic mass is 32.2. The highest BCUT2D eigenvalue weighted by molar-refractivity contribution is 7.85. The highest BCUT2D eigenvalue weighted by Gasteiger charge is 1.91. The molecule has 11 heavy (non-hydrogen) atoms. The molecular formula is C5H15NO3S2. The van der Waals surface area contributed by atoms with E-state index in [-0.39, 0.29) is 0 Å². The quantitative estimate of drug-likeness (QED) is 0.365. The van der Waals surface area contributed by atoms with E-state index in [2.05, 4.69) is 12.6 Å². The first-order valence-electron chi connectivity index (χ1n) is 2.91. The summed E-state index contributed by atoms with van der Waals surface area (Å²) in [7, 11) is 0.329. The van der Waals surface area contributed by atoms with Gasteiger partial charge in [0.15, 0.2) is 0 Å². The van der Waals surface area contributed by atoms with Gasteiger partial charge >= 0.3 is 0 Å². The molecular weight excluding hydrogens is 186 g/mol. The summed E-state index contributed by atoms with van der Waals surface area (Å²) in [6.07, 6.45) is 0.715. The van der Waals surface area contributed by atoms with E-state index in [1.807, 2.05) is 25.9 Å². The summed E-state index contributed by atoms with van der Waals surface area (Å²) in [5, 5.41) is 0.380. The second kappa shape index (κ2) is 5.82. The van der Waals surface area contributed by atoms with Crippen molar-refractivity contribution < 1.29 is 13.0 Å². The second-order valence-electron chi connectivity index (χ2n) is 2.33. The van der Waals surface area contributed by atoms with Gasteiger partial charge in [0, 0.05) is 5.37 Å². The Morgan fingerprint density at radius 2 is 1.55 bits per heavy atom. The number of thiol groups is 1. The molecule has 0 spiro atoms. The summed E-state index contributed by atoms with van der Waals surface area (Å²) in [5.41, 5.74) is 0. The molecule has 0 aromatic carbocycles. The minimum absolute atomic E-state index is 0.380. The standard InChI is InChI=1S/C4H11NS.CH4O3S/c1-4(6)5(2)3;1-5(2,3)4/h4,6H,1-3H3;1H3,(H,2,3,4). The Labute approximate surface area is 73.7 Å². The first-order chi connectivity index (χ1) is 4.64. The van der Waals surface area contributed by atoms with Crippen molar-refractivity contribution in [3.05, 3.63) is 0 Å². The Hall–Kier alpha value is 0.220. The van der Waals surface area contributed by atoms with Gasteiger partial charge in [-0.15, -0.1) is 0 Å². The molecule has 6 heteroatoms. The van der Waals surface area contributed by atoms with Crippen LogP contribution in [0.4, 0.5) is 0 Å². The first kappa shape index (κ1) is 13.8. The Morgan fingerprint density at radius 1 is 1.45 bits per heavy atom. The zero-order valence-electron chi connectivity index (χ0n) is 7.14. The van der Waals surface area contributed by atoms with Crippen molar-refractivity contribution in [2.45, 2.75) is 12.3 Å². The van der Waals surface area contributed by atoms with Gasteiger partial charge in [-0.1, -0.05) is 0 Å². The van der Waals surface area contributed by atoms with Crippen LogP contribution in [0, 0.1) is 0 Å². The zero-order valence-corrected chi connectivity index (χ0v) is 8.85. The average molecular weight is 201 g/mol. The van der Waals surface area contributed by atoms with E-state index in [1.54, 1.807) is 0 Å². The van der Waals surface area contributed by atoms with Crippen LogP contribution < -0.4 is 0 Å². The van der Waals surface area contributed by atoms with E-state index in [0.29, 0.717) is 11.6 Å². The van der Waals surface area contributed by atoms with Crippen LogP contribution in [0.5, 0.6) is 0 Å². The summed E-state index contributed by atoms with van der Waals surface area (Å²) < 4.78 is 25.9. The van der Waals surface area contributed by atoms with Gasteiger partial charge in [0.05, 0.1) is 6.26 Å². The molecule has 0 aromatic rings. The van der Waals surface area contributed by atoms with Crippen LogP contribution in [0.15, 0.2) is 0 Å². The van der Waals surface area contributed by atoms with Crippen LogP contribution in [-0.2, 0) is 10.1 Å². The van der Waals surface area contributed by atoms with Crippen molar-refractivity contribution in [2.24, 2.45) is 0 Å². The maximum atomic E-state index is 9.19. The smallest absolute Gasteiger partial charge is 0.261 e. The highest BCUT2D eigenvalue weighted by Crippen LogP contribution is 1.92. The second-order valence-corrected chi connectivity index (χ2v) is 4.54. The maximum absolute atomic E-state index is 9.19. The van der Waals surface area contributed by atoms with Crippen LogP contribution in [0.2, 0.25) is 0 Å². The molecule has 0 aliphatic heterocycles. The summed E-state index contributed by atoms with van der Waals surface area (Å²) in [4.78, 5) is 2.03. The molecule has 1 N–H and O–H groups in total. The lowest BCUT2D eigenvalue weighted by atomic mass is 10.7. The molecule has 0 aliphatic carbocycles. The summed E-state index contributed by atoms with van der Waals surface area (Å²) in [6, 6.07) is 0. The van der Waals surface area contributed by atoms with Crippen molar-refractivity contribution in [2.75, 3.05) is 20.4 Å². The predicted octanol–water partition coefficient (Wildman–Crippen LogP) is 0.328. The molecule has 0 aromatic heterocycles. The van der Waals surface area contributed by atoms with Crippen LogP contribution in [0.25, 0.3) is 0 Å². The third-order valence-electron chi connectivity index (χ3n) is 0.747. The third-order valence-corrected chi connectivity index (χ3v) is 1.21. The van der Waals surface area contributed by atoms with Gasteiger partial charge in [0.25, 0.3) is 10.1 Å². The lowest BCUT2D eigenvalue weighted by Crippen LogP contribution is -2.17. The van der Waals surface area contributed by atoms with Crippen molar-refractivity contribution >= 4 is 22.7 Å². The Morgan fingerprint density at radius 3 is 1.55 bits per heavy atom. The van der Waals surface area contributed by atoms with E-state index in [1.165, 1.54) is 0 Å². The van der Waals surface area contributed by atoms with Gasteiger partial charge in [-0.2, -0.15) is 21.0 Å². The predicted molar refractivity (Wildman–Crippen MR) is 49.6 cm³/mol. The molecule has 0 heterocycles. The summed E-state index contributed by atoms with van der Waals surface area (Å²) >= 11 is 4.12. The van der Waals surface area contributed by atoms with Gasteiger partial charge < -0.3 is 0 Å². The van der Waals surface area contributed by atoms with Crippen LogP contribution in [0.3, 0.4) is 0 Å². The van der Waals surface area contributed by atoms with Crippen molar-refractivity contribution in [1.29, 1.82) is 0 Å². The first-order valence-corrected chi connectivity index (χ1v) is 5.28. The minimum Gasteiger partial charge on any atom is -0.298 e. The Bertz CT molecular complexity index is 160. The van der Waals surface area contributed by atoms with Gasteiger partial charge in [0.2, 0.25) is 0 Å². The van der Waals surface area contributed by atoms with E-state index in [9.17, 15) is 8.42 Å². The van der Waals surface area contributed by atoms with Gasteiger partial charge in [0.1, 0.15) is 0 Å². The molecule has 1 atom stereocenters. The lowest BCUT2D eigenvalue weighted by Gasteiger charge is -2.11. The molecule has 0 bridgehead atoms. The molecule has 70 valence electrons. The van der Waals surface area contributed by atoms with E-state index in [0.717, 1.165) is 0 Å². The van der Waals surface area contributed by atoms with Crippen LogP contribution in [0.1, 0.15) is 6.92 Å². The molecule has 0 amide bonds. The Balaban J connectivity index is 0. The average Bonchev–Trinajstić information content (AvgIpc) is 1.59. The fourth-order valence-electron chi connectivity index (χ4n) is 0. The largest absolute Gasteiger partial charge is 0.298 e. The number of hydrogen-bond donors (Lipinski definition) is 2. The third kappa shape index (κ3) is 38.8. The SMILES string of the molecule is CC(S)N(C)C.CS(=O)(=O)O. The summed E-state index contributed by atoms with van der Waals surface area (Å²) in [5.74, 6) is 0. The minimum atomic E-state index is -3.67. The molecule has 0 saturated carbocycles. The number of nitrogens with zero attached hydrogens (tertiary/aromatic N) is 1. The van der Waals surface area contributed by atoms with Gasteiger partial charge in [-0.3, -0.25) is 9.45 Å². The topological polar surface area (TPSA) is 57.6 Å². The van der Waals surface area contributed by atoms with Crippen molar-refractivity contribution in [3.8, 4) is 0 Å². The lowest BCUT2D eigenvalue weighted by molar-refractivity contribution is 0.404. The number of hydrogen-bond acceptors (Lipinski definition) is 4. The van der Waals surface area contributed by atoms with Crippen LogP contribution in [-0.4, -0.2) is 43.6 Å². The monoisotopic (exact) mass is 201 g/mol. The van der Waals surface area contributed by atoms with Gasteiger partial charge in [-0.25, -0.2) is 0 Å². The molecule has 0 aliphatic rings. The van der Waals surface area contributed by atoms with E-state index in [4.69, 9.17) is 4.55 Å². The van der Waals surface area contributed by atoms with Crippen molar-refractivity contribution in [3.63, 3.8) is 0 Å².